The van der Waals surface area contributed by atoms with E-state index in [0.29, 0.717) is 16.8 Å². The molecule has 4 aromatic heterocycles. The van der Waals surface area contributed by atoms with Crippen molar-refractivity contribution in [3.05, 3.63) is 113 Å². The minimum atomic E-state index is -1.47. The van der Waals surface area contributed by atoms with E-state index in [1.807, 2.05) is 30.3 Å². The highest BCUT2D eigenvalue weighted by atomic mass is 16.3. The Bertz CT molecular complexity index is 1410. The molecule has 7 heteroatoms. The third-order valence-corrected chi connectivity index (χ3v) is 5.64. The Kier molecular flexibility index (Phi) is 4.45. The highest BCUT2D eigenvalue weighted by Crippen LogP contribution is 2.38. The van der Waals surface area contributed by atoms with E-state index in [0.717, 1.165) is 22.0 Å². The Morgan fingerprint density at radius 3 is 2.29 bits per heavy atom. The summed E-state index contributed by atoms with van der Waals surface area (Å²) in [5.41, 5.74) is 2.68. The van der Waals surface area contributed by atoms with Gasteiger partial charge in [0.15, 0.2) is 5.60 Å². The molecule has 4 heterocycles. The highest BCUT2D eigenvalue weighted by Gasteiger charge is 2.35. The first-order valence-corrected chi connectivity index (χ1v) is 9.75. The fourth-order valence-corrected chi connectivity index (χ4v) is 3.98. The summed E-state index contributed by atoms with van der Waals surface area (Å²) >= 11 is 0. The van der Waals surface area contributed by atoms with Gasteiger partial charge >= 0.3 is 0 Å². The van der Waals surface area contributed by atoms with E-state index in [1.54, 1.807) is 60.8 Å². The first-order valence-electron chi connectivity index (χ1n) is 9.75. The van der Waals surface area contributed by atoms with Gasteiger partial charge in [0, 0.05) is 43.3 Å². The van der Waals surface area contributed by atoms with Gasteiger partial charge in [0.25, 0.3) is 5.56 Å². The van der Waals surface area contributed by atoms with Crippen LogP contribution >= 0.6 is 0 Å². The molecule has 152 valence electrons. The zero-order chi connectivity index (χ0) is 21.4. The van der Waals surface area contributed by atoms with Crippen molar-refractivity contribution in [1.29, 1.82) is 0 Å². The van der Waals surface area contributed by atoms with Crippen molar-refractivity contribution < 1.29 is 5.11 Å². The number of H-pyrrole nitrogens is 1. The molecular formula is C24H19N5O2. The van der Waals surface area contributed by atoms with Gasteiger partial charge in [0.1, 0.15) is 0 Å². The van der Waals surface area contributed by atoms with Crippen LogP contribution in [0.2, 0.25) is 0 Å². The largest absolute Gasteiger partial charge is 0.374 e. The van der Waals surface area contributed by atoms with Gasteiger partial charge < -0.3 is 14.7 Å². The van der Waals surface area contributed by atoms with Crippen molar-refractivity contribution in [2.24, 2.45) is 7.05 Å². The lowest BCUT2D eigenvalue weighted by molar-refractivity contribution is 0.121. The van der Waals surface area contributed by atoms with Crippen molar-refractivity contribution >= 4 is 10.9 Å². The molecule has 0 radical (unpaired) electrons. The maximum absolute atomic E-state index is 12.6. The lowest BCUT2D eigenvalue weighted by atomic mass is 9.83. The first-order chi connectivity index (χ1) is 15.1. The molecule has 0 saturated carbocycles. The SMILES string of the molecule is Cn1c(=O)cc(-c2ccncc2)c2cc(C(O)(c3ccncc3)c3cnc[nH]3)ccc21. The summed E-state index contributed by atoms with van der Waals surface area (Å²) in [6.07, 6.45) is 9.82. The molecule has 0 fully saturated rings. The van der Waals surface area contributed by atoms with Gasteiger partial charge in [-0.15, -0.1) is 0 Å². The van der Waals surface area contributed by atoms with Gasteiger partial charge in [-0.1, -0.05) is 6.07 Å². The fraction of sp³-hybridized carbons (Fsp3) is 0.0833. The second kappa shape index (κ2) is 7.30. The monoisotopic (exact) mass is 409 g/mol. The number of aromatic nitrogens is 5. The number of hydrogen-bond donors (Lipinski definition) is 2. The van der Waals surface area contributed by atoms with Crippen LogP contribution in [-0.4, -0.2) is 29.6 Å². The summed E-state index contributed by atoms with van der Waals surface area (Å²) in [7, 11) is 1.74. The number of aliphatic hydroxyl groups is 1. The molecule has 7 nitrogen and oxygen atoms in total. The minimum Gasteiger partial charge on any atom is -0.374 e. The number of nitrogens with one attached hydrogen (secondary N) is 1. The van der Waals surface area contributed by atoms with E-state index in [1.165, 1.54) is 6.33 Å². The molecule has 1 unspecified atom stereocenters. The van der Waals surface area contributed by atoms with Gasteiger partial charge in [-0.05, 0) is 58.7 Å². The Hall–Kier alpha value is -4.10. The van der Waals surface area contributed by atoms with Crippen molar-refractivity contribution in [3.8, 4) is 11.1 Å². The van der Waals surface area contributed by atoms with Crippen LogP contribution in [0.15, 0.2) is 90.6 Å². The molecule has 0 amide bonds. The number of rotatable bonds is 4. The predicted octanol–water partition coefficient (Wildman–Crippen LogP) is 3.00. The van der Waals surface area contributed by atoms with Crippen LogP contribution in [0.4, 0.5) is 0 Å². The Balaban J connectivity index is 1.83. The maximum Gasteiger partial charge on any atom is 0.251 e. The first kappa shape index (κ1) is 18.9. The van der Waals surface area contributed by atoms with E-state index in [4.69, 9.17) is 0 Å². The Morgan fingerprint density at radius 1 is 0.903 bits per heavy atom. The summed E-state index contributed by atoms with van der Waals surface area (Å²) in [6, 6.07) is 14.5. The molecule has 1 aromatic carbocycles. The maximum atomic E-state index is 12.6. The number of fused-ring (bicyclic) bond motifs is 1. The Labute approximate surface area is 177 Å². The highest BCUT2D eigenvalue weighted by molar-refractivity contribution is 5.95. The number of hydrogen-bond acceptors (Lipinski definition) is 5. The normalized spacial score (nSPS) is 13.2. The number of imidazole rings is 1. The van der Waals surface area contributed by atoms with E-state index >= 15 is 0 Å². The van der Waals surface area contributed by atoms with Crippen LogP contribution < -0.4 is 5.56 Å². The average Bonchev–Trinajstić information content (AvgIpc) is 3.37. The third kappa shape index (κ3) is 3.03. The van der Waals surface area contributed by atoms with Crippen molar-refractivity contribution in [3.63, 3.8) is 0 Å². The molecule has 5 aromatic rings. The summed E-state index contributed by atoms with van der Waals surface area (Å²) < 4.78 is 1.60. The average molecular weight is 409 g/mol. The number of aromatic amines is 1. The topological polar surface area (TPSA) is 96.7 Å². The minimum absolute atomic E-state index is 0.106. The summed E-state index contributed by atoms with van der Waals surface area (Å²) in [5, 5.41) is 12.8. The van der Waals surface area contributed by atoms with E-state index in [2.05, 4.69) is 19.9 Å². The molecule has 0 aliphatic rings. The molecule has 0 spiro atoms. The van der Waals surface area contributed by atoms with Crippen LogP contribution in [0.3, 0.4) is 0 Å². The molecular weight excluding hydrogens is 390 g/mol. The summed E-state index contributed by atoms with van der Waals surface area (Å²) in [6.45, 7) is 0. The molecule has 0 bridgehead atoms. The molecule has 1 atom stereocenters. The molecule has 5 rings (SSSR count). The molecule has 31 heavy (non-hydrogen) atoms. The zero-order valence-electron chi connectivity index (χ0n) is 16.7. The van der Waals surface area contributed by atoms with Gasteiger partial charge in [0.05, 0.1) is 23.7 Å². The lowest BCUT2D eigenvalue weighted by Gasteiger charge is -2.28. The van der Waals surface area contributed by atoms with Crippen LogP contribution in [-0.2, 0) is 12.6 Å². The summed E-state index contributed by atoms with van der Waals surface area (Å²) in [5.74, 6) is 0. The predicted molar refractivity (Wildman–Crippen MR) is 117 cm³/mol. The van der Waals surface area contributed by atoms with Crippen LogP contribution in [0.1, 0.15) is 16.8 Å². The van der Waals surface area contributed by atoms with Crippen molar-refractivity contribution in [2.75, 3.05) is 0 Å². The van der Waals surface area contributed by atoms with Crippen molar-refractivity contribution in [1.82, 2.24) is 24.5 Å². The van der Waals surface area contributed by atoms with E-state index < -0.39 is 5.60 Å². The third-order valence-electron chi connectivity index (χ3n) is 5.64. The number of aryl methyl sites for hydroxylation is 1. The molecule has 2 N–H and O–H groups in total. The second-order valence-electron chi connectivity index (χ2n) is 7.33. The van der Waals surface area contributed by atoms with E-state index in [-0.39, 0.29) is 5.56 Å². The Morgan fingerprint density at radius 2 is 1.61 bits per heavy atom. The number of pyridine rings is 3. The van der Waals surface area contributed by atoms with Gasteiger partial charge in [0.2, 0.25) is 0 Å². The molecule has 0 saturated heterocycles. The summed E-state index contributed by atoms with van der Waals surface area (Å²) in [4.78, 5) is 27.9. The number of nitrogens with zero attached hydrogens (tertiary/aromatic N) is 4. The van der Waals surface area contributed by atoms with Crippen molar-refractivity contribution in [2.45, 2.75) is 5.60 Å². The van der Waals surface area contributed by atoms with Gasteiger partial charge in [-0.3, -0.25) is 14.8 Å². The van der Waals surface area contributed by atoms with Gasteiger partial charge in [-0.2, -0.15) is 0 Å². The molecule has 0 aliphatic carbocycles. The number of benzene rings is 1. The van der Waals surface area contributed by atoms with Gasteiger partial charge in [-0.25, -0.2) is 4.98 Å². The second-order valence-corrected chi connectivity index (χ2v) is 7.33. The van der Waals surface area contributed by atoms with Crippen LogP contribution in [0, 0.1) is 0 Å². The smallest absolute Gasteiger partial charge is 0.251 e. The van der Waals surface area contributed by atoms with E-state index in [9.17, 15) is 9.90 Å². The van der Waals surface area contributed by atoms with Crippen LogP contribution in [0.5, 0.6) is 0 Å². The standard InChI is InChI=1S/C24H19N5O2/c1-29-21-3-2-18(12-20(21)19(13-23(29)30)16-4-8-25-9-5-16)24(31,22-14-27-15-28-22)17-6-10-26-11-7-17/h2-15,31H,1H3,(H,27,28). The quantitative estimate of drug-likeness (QED) is 0.476. The fourth-order valence-electron chi connectivity index (χ4n) is 3.98. The van der Waals surface area contributed by atoms with Crippen LogP contribution in [0.25, 0.3) is 22.0 Å². The molecule has 0 aliphatic heterocycles. The lowest BCUT2D eigenvalue weighted by Crippen LogP contribution is -2.29. The zero-order valence-corrected chi connectivity index (χ0v) is 16.7.